The van der Waals surface area contributed by atoms with Crippen LogP contribution in [0.2, 0.25) is 0 Å². The van der Waals surface area contributed by atoms with Crippen LogP contribution in [0.25, 0.3) is 10.8 Å². The summed E-state index contributed by atoms with van der Waals surface area (Å²) in [5, 5.41) is 1.59. The van der Waals surface area contributed by atoms with Gasteiger partial charge in [0.05, 0.1) is 24.3 Å². The molecule has 0 aliphatic heterocycles. The summed E-state index contributed by atoms with van der Waals surface area (Å²) in [7, 11) is 0. The molecule has 0 radical (unpaired) electrons. The van der Waals surface area contributed by atoms with Gasteiger partial charge in [0.15, 0.2) is 0 Å². The van der Waals surface area contributed by atoms with Crippen LogP contribution in [-0.2, 0) is 9.47 Å². The van der Waals surface area contributed by atoms with Gasteiger partial charge in [0.25, 0.3) is 0 Å². The van der Waals surface area contributed by atoms with Crippen LogP contribution < -0.4 is 0 Å². The van der Waals surface area contributed by atoms with Gasteiger partial charge in [-0.25, -0.2) is 9.59 Å². The first-order valence-electron chi connectivity index (χ1n) is 7.54. The summed E-state index contributed by atoms with van der Waals surface area (Å²) in [6.45, 7) is 4.70. The van der Waals surface area contributed by atoms with E-state index >= 15 is 0 Å². The molecule has 0 saturated heterocycles. The maximum absolute atomic E-state index is 12.1. The van der Waals surface area contributed by atoms with E-state index in [-0.39, 0.29) is 11.9 Å². The van der Waals surface area contributed by atoms with Crippen LogP contribution in [0.15, 0.2) is 36.4 Å². The normalized spacial score (nSPS) is 10.5. The summed E-state index contributed by atoms with van der Waals surface area (Å²) < 4.78 is 10.3. The van der Waals surface area contributed by atoms with Crippen molar-refractivity contribution in [2.45, 2.75) is 26.7 Å². The zero-order valence-corrected chi connectivity index (χ0v) is 12.9. The Morgan fingerprint density at radius 1 is 0.909 bits per heavy atom. The van der Waals surface area contributed by atoms with Crippen LogP contribution in [0.1, 0.15) is 47.4 Å². The van der Waals surface area contributed by atoms with Gasteiger partial charge in [-0.1, -0.05) is 32.0 Å². The molecular weight excluding hydrogens is 280 g/mol. The Labute approximate surface area is 130 Å². The molecule has 0 aromatic heterocycles. The van der Waals surface area contributed by atoms with E-state index in [0.717, 1.165) is 23.6 Å². The molecule has 0 atom stereocenters. The summed E-state index contributed by atoms with van der Waals surface area (Å²) in [6.07, 6.45) is 1.57. The molecule has 0 aliphatic carbocycles. The molecule has 2 rings (SSSR count). The highest BCUT2D eigenvalue weighted by molar-refractivity contribution is 6.06. The maximum Gasteiger partial charge on any atom is 0.338 e. The molecule has 0 saturated carbocycles. The van der Waals surface area contributed by atoms with E-state index in [1.54, 1.807) is 30.3 Å². The first kappa shape index (κ1) is 16.0. The maximum atomic E-state index is 12.1. The predicted molar refractivity (Wildman–Crippen MR) is 85.1 cm³/mol. The SMILES string of the molecule is CCCOC(=O)c1ccc2c(C(=O)OCCC)cccc2c1. The number of hydrogen-bond acceptors (Lipinski definition) is 4. The molecule has 0 fully saturated rings. The Kier molecular flexibility index (Phi) is 5.53. The third-order valence-corrected chi connectivity index (χ3v) is 3.21. The second-order valence-electron chi connectivity index (χ2n) is 5.01. The molecule has 2 aromatic rings. The van der Waals surface area contributed by atoms with E-state index in [9.17, 15) is 9.59 Å². The fraction of sp³-hybridized carbons (Fsp3) is 0.333. The van der Waals surface area contributed by atoms with Crippen molar-refractivity contribution < 1.29 is 19.1 Å². The van der Waals surface area contributed by atoms with Crippen molar-refractivity contribution in [1.82, 2.24) is 0 Å². The average Bonchev–Trinajstić information content (AvgIpc) is 2.56. The van der Waals surface area contributed by atoms with Gasteiger partial charge in [-0.15, -0.1) is 0 Å². The van der Waals surface area contributed by atoms with Crippen molar-refractivity contribution in [1.29, 1.82) is 0 Å². The predicted octanol–water partition coefficient (Wildman–Crippen LogP) is 3.97. The number of rotatable bonds is 6. The van der Waals surface area contributed by atoms with Gasteiger partial charge < -0.3 is 9.47 Å². The summed E-state index contributed by atoms with van der Waals surface area (Å²) in [4.78, 5) is 24.0. The van der Waals surface area contributed by atoms with Gasteiger partial charge in [-0.2, -0.15) is 0 Å². The Morgan fingerprint density at radius 3 is 2.27 bits per heavy atom. The summed E-state index contributed by atoms with van der Waals surface area (Å²) in [5.41, 5.74) is 0.999. The second kappa shape index (κ2) is 7.59. The zero-order chi connectivity index (χ0) is 15.9. The number of benzene rings is 2. The molecule has 22 heavy (non-hydrogen) atoms. The molecule has 0 bridgehead atoms. The fourth-order valence-electron chi connectivity index (χ4n) is 2.14. The van der Waals surface area contributed by atoms with Gasteiger partial charge in [0.2, 0.25) is 0 Å². The standard InChI is InChI=1S/C18H20O4/c1-3-10-21-17(19)14-8-9-15-13(12-14)6-5-7-16(15)18(20)22-11-4-2/h5-9,12H,3-4,10-11H2,1-2H3. The first-order chi connectivity index (χ1) is 10.7. The van der Waals surface area contributed by atoms with Gasteiger partial charge in [-0.05, 0) is 41.8 Å². The van der Waals surface area contributed by atoms with E-state index in [4.69, 9.17) is 9.47 Å². The quantitative estimate of drug-likeness (QED) is 0.757. The van der Waals surface area contributed by atoms with Crippen molar-refractivity contribution in [2.24, 2.45) is 0 Å². The van der Waals surface area contributed by atoms with E-state index in [1.807, 2.05) is 19.9 Å². The monoisotopic (exact) mass is 300 g/mol. The molecule has 2 aromatic carbocycles. The van der Waals surface area contributed by atoms with E-state index in [1.165, 1.54) is 0 Å². The van der Waals surface area contributed by atoms with Crippen LogP contribution in [0.5, 0.6) is 0 Å². The number of fused-ring (bicyclic) bond motifs is 1. The summed E-state index contributed by atoms with van der Waals surface area (Å²) in [6, 6.07) is 10.6. The molecule has 0 unspecified atom stereocenters. The molecule has 4 nitrogen and oxygen atoms in total. The van der Waals surface area contributed by atoms with Crippen molar-refractivity contribution in [3.63, 3.8) is 0 Å². The van der Waals surface area contributed by atoms with Gasteiger partial charge in [0, 0.05) is 0 Å². The van der Waals surface area contributed by atoms with Crippen molar-refractivity contribution in [2.75, 3.05) is 13.2 Å². The molecule has 116 valence electrons. The number of esters is 2. The van der Waals surface area contributed by atoms with Crippen LogP contribution >= 0.6 is 0 Å². The Balaban J connectivity index is 2.31. The minimum atomic E-state index is -0.345. The fourth-order valence-corrected chi connectivity index (χ4v) is 2.14. The Bertz CT molecular complexity index is 676. The minimum Gasteiger partial charge on any atom is -0.462 e. The van der Waals surface area contributed by atoms with Crippen LogP contribution in [0, 0.1) is 0 Å². The van der Waals surface area contributed by atoms with Gasteiger partial charge >= 0.3 is 11.9 Å². The number of carbonyl (C=O) groups is 2. The molecule has 0 amide bonds. The van der Waals surface area contributed by atoms with Crippen LogP contribution in [0.3, 0.4) is 0 Å². The van der Waals surface area contributed by atoms with Crippen LogP contribution in [-0.4, -0.2) is 25.2 Å². The second-order valence-corrected chi connectivity index (χ2v) is 5.01. The highest BCUT2D eigenvalue weighted by Gasteiger charge is 2.13. The highest BCUT2D eigenvalue weighted by atomic mass is 16.5. The van der Waals surface area contributed by atoms with Gasteiger partial charge in [0.1, 0.15) is 0 Å². The Morgan fingerprint density at radius 2 is 1.59 bits per heavy atom. The molecule has 4 heteroatoms. The largest absolute Gasteiger partial charge is 0.462 e. The molecule has 0 spiro atoms. The lowest BCUT2D eigenvalue weighted by Gasteiger charge is -2.08. The molecular formula is C18H20O4. The van der Waals surface area contributed by atoms with Crippen molar-refractivity contribution in [3.05, 3.63) is 47.5 Å². The topological polar surface area (TPSA) is 52.6 Å². The highest BCUT2D eigenvalue weighted by Crippen LogP contribution is 2.21. The van der Waals surface area contributed by atoms with Crippen molar-refractivity contribution in [3.8, 4) is 0 Å². The van der Waals surface area contributed by atoms with E-state index in [0.29, 0.717) is 24.3 Å². The number of carbonyl (C=O) groups excluding carboxylic acids is 2. The Hall–Kier alpha value is -2.36. The lowest BCUT2D eigenvalue weighted by atomic mass is 10.0. The lowest BCUT2D eigenvalue weighted by Crippen LogP contribution is -2.08. The smallest absolute Gasteiger partial charge is 0.338 e. The molecule has 0 N–H and O–H groups in total. The third kappa shape index (κ3) is 3.64. The van der Waals surface area contributed by atoms with Crippen LogP contribution in [0.4, 0.5) is 0 Å². The molecule has 0 heterocycles. The van der Waals surface area contributed by atoms with Crippen molar-refractivity contribution >= 4 is 22.7 Å². The third-order valence-electron chi connectivity index (χ3n) is 3.21. The summed E-state index contributed by atoms with van der Waals surface area (Å²) in [5.74, 6) is -0.684. The molecule has 0 aliphatic rings. The van der Waals surface area contributed by atoms with Gasteiger partial charge in [-0.3, -0.25) is 0 Å². The first-order valence-corrected chi connectivity index (χ1v) is 7.54. The lowest BCUT2D eigenvalue weighted by molar-refractivity contribution is 0.0498. The van der Waals surface area contributed by atoms with E-state index < -0.39 is 0 Å². The number of ether oxygens (including phenoxy) is 2. The minimum absolute atomic E-state index is 0.339. The van der Waals surface area contributed by atoms with E-state index in [2.05, 4.69) is 0 Å². The summed E-state index contributed by atoms with van der Waals surface area (Å²) >= 11 is 0. The number of hydrogen-bond donors (Lipinski definition) is 0. The zero-order valence-electron chi connectivity index (χ0n) is 12.9. The average molecular weight is 300 g/mol.